The molecule has 0 spiro atoms. The Labute approximate surface area is 169 Å². The minimum absolute atomic E-state index is 0.0602. The van der Waals surface area contributed by atoms with Crippen LogP contribution in [0.15, 0.2) is 48.5 Å². The first-order chi connectivity index (χ1) is 13.9. The van der Waals surface area contributed by atoms with E-state index in [1.165, 1.54) is 4.90 Å². The lowest BCUT2D eigenvalue weighted by Gasteiger charge is -2.22. The number of carbonyl (C=O) groups is 1. The summed E-state index contributed by atoms with van der Waals surface area (Å²) < 4.78 is 37.3. The summed E-state index contributed by atoms with van der Waals surface area (Å²) in [5, 5.41) is 10.4. The molecule has 2 aromatic rings. The Balaban J connectivity index is 1.47. The molecule has 1 saturated heterocycles. The van der Waals surface area contributed by atoms with Crippen molar-refractivity contribution in [1.29, 1.82) is 0 Å². The molecule has 1 atom stereocenters. The summed E-state index contributed by atoms with van der Waals surface area (Å²) in [6.45, 7) is 0.0629. The molecule has 0 radical (unpaired) electrons. The van der Waals surface area contributed by atoms with Crippen molar-refractivity contribution in [3.05, 3.63) is 59.7 Å². The van der Waals surface area contributed by atoms with E-state index >= 15 is 0 Å². The molecule has 2 aromatic carbocycles. The molecule has 1 fully saturated rings. The van der Waals surface area contributed by atoms with Crippen LogP contribution in [-0.4, -0.2) is 61.2 Å². The maximum atomic E-state index is 12.8. The summed E-state index contributed by atoms with van der Waals surface area (Å²) in [6, 6.07) is 14.2. The molecule has 0 saturated carbocycles. The van der Waals surface area contributed by atoms with Crippen molar-refractivity contribution in [3.63, 3.8) is 0 Å². The molecule has 154 valence electrons. The highest BCUT2D eigenvalue weighted by atomic mass is 32.2. The van der Waals surface area contributed by atoms with Crippen LogP contribution in [0.3, 0.4) is 0 Å². The number of carbonyl (C=O) groups excluding carboxylic acids is 1. The Morgan fingerprint density at radius 2 is 1.76 bits per heavy atom. The molecule has 0 aliphatic carbocycles. The van der Waals surface area contributed by atoms with Gasteiger partial charge in [-0.25, -0.2) is 8.42 Å². The first-order valence-electron chi connectivity index (χ1n) is 9.27. The fraction of sp³-hybridized carbons (Fsp3) is 0.350. The minimum atomic E-state index is -3.74. The molecule has 2 aliphatic heterocycles. The molecule has 29 heavy (non-hydrogen) atoms. The zero-order valence-electron chi connectivity index (χ0n) is 15.7. The Kier molecular flexibility index (Phi) is 5.44. The molecule has 0 bridgehead atoms. The number of amides is 1. The zero-order valence-corrected chi connectivity index (χ0v) is 16.5. The lowest BCUT2D eigenvalue weighted by atomic mass is 10.2. The predicted octanol–water partition coefficient (Wildman–Crippen LogP) is 0.950. The van der Waals surface area contributed by atoms with E-state index in [1.807, 2.05) is 12.1 Å². The summed E-state index contributed by atoms with van der Waals surface area (Å²) in [6.07, 6.45) is -0.971. The number of β-amino-alcohol motifs (C(OH)–C–C–N with tert-alkyl or cyclic N) is 1. The number of hydrogen-bond donors (Lipinski definition) is 1. The monoisotopic (exact) mass is 418 g/mol. The SMILES string of the molecule is O=C1CN(S(=O)(=O)Cc2ccccc2)CC(O)CN1Cc1ccc2c(c1)OCO2. The van der Waals surface area contributed by atoms with Crippen LogP contribution >= 0.6 is 0 Å². The van der Waals surface area contributed by atoms with Crippen molar-refractivity contribution in [2.24, 2.45) is 0 Å². The molecule has 2 heterocycles. The molecule has 0 aromatic heterocycles. The van der Waals surface area contributed by atoms with Gasteiger partial charge in [-0.15, -0.1) is 0 Å². The van der Waals surface area contributed by atoms with Crippen LogP contribution in [0.5, 0.6) is 11.5 Å². The van der Waals surface area contributed by atoms with Gasteiger partial charge >= 0.3 is 0 Å². The van der Waals surface area contributed by atoms with Crippen LogP contribution in [0.25, 0.3) is 0 Å². The summed E-state index contributed by atoms with van der Waals surface area (Å²) in [4.78, 5) is 14.2. The smallest absolute Gasteiger partial charge is 0.238 e. The van der Waals surface area contributed by atoms with E-state index in [0.717, 1.165) is 9.87 Å². The first kappa shape index (κ1) is 19.7. The third kappa shape index (κ3) is 4.52. The van der Waals surface area contributed by atoms with E-state index in [0.29, 0.717) is 17.1 Å². The Bertz CT molecular complexity index is 995. The highest BCUT2D eigenvalue weighted by Gasteiger charge is 2.33. The number of rotatable bonds is 5. The number of aliphatic hydroxyl groups excluding tert-OH is 1. The van der Waals surface area contributed by atoms with E-state index in [9.17, 15) is 18.3 Å². The number of benzene rings is 2. The van der Waals surface area contributed by atoms with Gasteiger partial charge in [-0.3, -0.25) is 4.79 Å². The van der Waals surface area contributed by atoms with Gasteiger partial charge in [-0.1, -0.05) is 36.4 Å². The van der Waals surface area contributed by atoms with E-state index in [2.05, 4.69) is 0 Å². The highest BCUT2D eigenvalue weighted by Crippen LogP contribution is 2.33. The molecule has 8 nitrogen and oxygen atoms in total. The van der Waals surface area contributed by atoms with E-state index in [-0.39, 0.29) is 44.6 Å². The van der Waals surface area contributed by atoms with Gasteiger partial charge in [0, 0.05) is 19.6 Å². The largest absolute Gasteiger partial charge is 0.454 e. The summed E-state index contributed by atoms with van der Waals surface area (Å²) in [7, 11) is -3.74. The Hall–Kier alpha value is -2.62. The summed E-state index contributed by atoms with van der Waals surface area (Å²) in [5.74, 6) is 0.693. The van der Waals surface area contributed by atoms with Gasteiger partial charge in [0.05, 0.1) is 18.4 Å². The average molecular weight is 418 g/mol. The van der Waals surface area contributed by atoms with Gasteiger partial charge in [-0.2, -0.15) is 4.31 Å². The molecule has 1 N–H and O–H groups in total. The number of nitrogens with zero attached hydrogens (tertiary/aromatic N) is 2. The molecule has 1 amide bonds. The van der Waals surface area contributed by atoms with Crippen molar-refractivity contribution in [1.82, 2.24) is 9.21 Å². The third-order valence-electron chi connectivity index (χ3n) is 4.91. The standard InChI is InChI=1S/C20H22N2O6S/c23-17-10-21(9-16-6-7-18-19(8-16)28-14-27-18)20(24)12-22(11-17)29(25,26)13-15-4-2-1-3-5-15/h1-8,17,23H,9-14H2. The van der Waals surface area contributed by atoms with E-state index < -0.39 is 16.1 Å². The van der Waals surface area contributed by atoms with Gasteiger partial charge in [0.15, 0.2) is 11.5 Å². The number of fused-ring (bicyclic) bond motifs is 1. The minimum Gasteiger partial charge on any atom is -0.454 e. The number of hydrogen-bond acceptors (Lipinski definition) is 6. The number of sulfonamides is 1. The third-order valence-corrected chi connectivity index (χ3v) is 6.67. The average Bonchev–Trinajstić information content (AvgIpc) is 3.09. The van der Waals surface area contributed by atoms with Crippen LogP contribution in [0.1, 0.15) is 11.1 Å². The van der Waals surface area contributed by atoms with Crippen LogP contribution < -0.4 is 9.47 Å². The van der Waals surface area contributed by atoms with Gasteiger partial charge in [0.1, 0.15) is 0 Å². The quantitative estimate of drug-likeness (QED) is 0.777. The second-order valence-electron chi connectivity index (χ2n) is 7.15. The lowest BCUT2D eigenvalue weighted by Crippen LogP contribution is -2.40. The van der Waals surface area contributed by atoms with Crippen molar-refractivity contribution >= 4 is 15.9 Å². The van der Waals surface area contributed by atoms with Crippen molar-refractivity contribution < 1.29 is 27.8 Å². The Morgan fingerprint density at radius 1 is 1.00 bits per heavy atom. The second kappa shape index (κ2) is 8.02. The molecule has 2 aliphatic rings. The fourth-order valence-electron chi connectivity index (χ4n) is 3.46. The van der Waals surface area contributed by atoms with E-state index in [4.69, 9.17) is 9.47 Å². The fourth-order valence-corrected chi connectivity index (χ4v) is 4.97. The Morgan fingerprint density at radius 3 is 2.55 bits per heavy atom. The van der Waals surface area contributed by atoms with Crippen molar-refractivity contribution in [2.75, 3.05) is 26.4 Å². The topological polar surface area (TPSA) is 96.4 Å². The van der Waals surface area contributed by atoms with Gasteiger partial charge in [-0.05, 0) is 23.3 Å². The zero-order chi connectivity index (χ0) is 20.4. The van der Waals surface area contributed by atoms with E-state index in [1.54, 1.807) is 36.4 Å². The summed E-state index contributed by atoms with van der Waals surface area (Å²) >= 11 is 0. The molecular weight excluding hydrogens is 396 g/mol. The predicted molar refractivity (Wildman–Crippen MR) is 105 cm³/mol. The number of aliphatic hydroxyl groups is 1. The van der Waals surface area contributed by atoms with Crippen molar-refractivity contribution in [2.45, 2.75) is 18.4 Å². The molecular formula is C20H22N2O6S. The lowest BCUT2D eigenvalue weighted by molar-refractivity contribution is -0.131. The molecule has 4 rings (SSSR count). The maximum Gasteiger partial charge on any atom is 0.238 e. The van der Waals surface area contributed by atoms with Crippen LogP contribution in [0.4, 0.5) is 0 Å². The summed E-state index contributed by atoms with van der Waals surface area (Å²) in [5.41, 5.74) is 1.45. The normalized spacial score (nSPS) is 20.0. The van der Waals surface area contributed by atoms with Gasteiger partial charge < -0.3 is 19.5 Å². The van der Waals surface area contributed by atoms with Crippen LogP contribution in [0, 0.1) is 0 Å². The molecule has 1 unspecified atom stereocenters. The van der Waals surface area contributed by atoms with Crippen LogP contribution in [-0.2, 0) is 27.1 Å². The second-order valence-corrected chi connectivity index (χ2v) is 9.12. The first-order valence-corrected chi connectivity index (χ1v) is 10.9. The highest BCUT2D eigenvalue weighted by molar-refractivity contribution is 7.88. The van der Waals surface area contributed by atoms with Crippen LogP contribution in [0.2, 0.25) is 0 Å². The maximum absolute atomic E-state index is 12.8. The van der Waals surface area contributed by atoms with Crippen molar-refractivity contribution in [3.8, 4) is 11.5 Å². The van der Waals surface area contributed by atoms with Gasteiger partial charge in [0.2, 0.25) is 22.7 Å². The molecule has 9 heteroatoms. The number of ether oxygens (including phenoxy) is 2. The van der Waals surface area contributed by atoms with Gasteiger partial charge in [0.25, 0.3) is 0 Å².